The summed E-state index contributed by atoms with van der Waals surface area (Å²) >= 11 is 3.38. The molecule has 0 aliphatic heterocycles. The zero-order valence-electron chi connectivity index (χ0n) is 7.57. The summed E-state index contributed by atoms with van der Waals surface area (Å²) in [6.45, 7) is 1.81. The molecular weight excluding hydrogens is 230 g/mol. The van der Waals surface area contributed by atoms with Crippen LogP contribution in [0.15, 0.2) is 28.7 Å². The molecule has 0 radical (unpaired) electrons. The summed E-state index contributed by atoms with van der Waals surface area (Å²) in [5.41, 5.74) is 6.66. The predicted molar refractivity (Wildman–Crippen MR) is 57.5 cm³/mol. The predicted octanol–water partition coefficient (Wildman–Crippen LogP) is 1.70. The summed E-state index contributed by atoms with van der Waals surface area (Å²) < 4.78 is 1.03. The van der Waals surface area contributed by atoms with Crippen molar-refractivity contribution in [2.75, 3.05) is 0 Å². The van der Waals surface area contributed by atoms with Gasteiger partial charge in [-0.05, 0) is 31.0 Å². The smallest absolute Gasteiger partial charge is 0.0728 e. The number of aliphatic hydroxyl groups excluding tert-OH is 1. The largest absolute Gasteiger partial charge is 0.391 e. The number of hydrogen-bond donors (Lipinski definition) is 2. The quantitative estimate of drug-likeness (QED) is 0.850. The summed E-state index contributed by atoms with van der Waals surface area (Å²) in [5.74, 6) is 0. The maximum absolute atomic E-state index is 9.53. The molecule has 0 saturated heterocycles. The van der Waals surface area contributed by atoms with Crippen LogP contribution >= 0.6 is 15.9 Å². The van der Waals surface area contributed by atoms with E-state index in [1.807, 2.05) is 31.2 Å². The van der Waals surface area contributed by atoms with Gasteiger partial charge in [0.05, 0.1) is 6.10 Å². The maximum Gasteiger partial charge on any atom is 0.0728 e. The fourth-order valence-electron chi connectivity index (χ4n) is 1.09. The monoisotopic (exact) mass is 243 g/mol. The molecule has 0 aromatic heterocycles. The van der Waals surface area contributed by atoms with Crippen LogP contribution < -0.4 is 5.73 Å². The van der Waals surface area contributed by atoms with Crippen LogP contribution in [-0.4, -0.2) is 17.3 Å². The molecular formula is C10H14BrNO. The summed E-state index contributed by atoms with van der Waals surface area (Å²) in [7, 11) is 0. The van der Waals surface area contributed by atoms with E-state index in [0.29, 0.717) is 6.42 Å². The lowest BCUT2D eigenvalue weighted by atomic mass is 10.0. The van der Waals surface area contributed by atoms with E-state index >= 15 is 0 Å². The molecule has 0 bridgehead atoms. The van der Waals surface area contributed by atoms with Crippen molar-refractivity contribution in [1.82, 2.24) is 0 Å². The molecule has 13 heavy (non-hydrogen) atoms. The molecule has 0 aliphatic rings. The Kier molecular flexibility index (Phi) is 3.90. The van der Waals surface area contributed by atoms with E-state index < -0.39 is 6.10 Å². The van der Waals surface area contributed by atoms with E-state index in [1.165, 1.54) is 0 Å². The minimum atomic E-state index is -0.464. The van der Waals surface area contributed by atoms with Gasteiger partial charge in [-0.2, -0.15) is 0 Å². The third-order valence-electron chi connectivity index (χ3n) is 1.94. The molecule has 2 nitrogen and oxygen atoms in total. The lowest BCUT2D eigenvalue weighted by Crippen LogP contribution is -2.33. The molecule has 0 aliphatic carbocycles. The van der Waals surface area contributed by atoms with Crippen molar-refractivity contribution >= 4 is 15.9 Å². The molecule has 0 spiro atoms. The zero-order chi connectivity index (χ0) is 9.84. The Morgan fingerprint density at radius 3 is 2.77 bits per heavy atom. The van der Waals surface area contributed by atoms with Gasteiger partial charge in [-0.3, -0.25) is 0 Å². The minimum Gasteiger partial charge on any atom is -0.391 e. The second-order valence-electron chi connectivity index (χ2n) is 3.26. The highest BCUT2D eigenvalue weighted by Crippen LogP contribution is 2.13. The first-order chi connectivity index (χ1) is 6.09. The van der Waals surface area contributed by atoms with Crippen LogP contribution in [0.25, 0.3) is 0 Å². The van der Waals surface area contributed by atoms with E-state index in [0.717, 1.165) is 10.0 Å². The summed E-state index contributed by atoms with van der Waals surface area (Å²) in [6, 6.07) is 7.70. The van der Waals surface area contributed by atoms with Crippen LogP contribution in [-0.2, 0) is 6.42 Å². The zero-order valence-corrected chi connectivity index (χ0v) is 9.16. The van der Waals surface area contributed by atoms with Gasteiger partial charge in [0.1, 0.15) is 0 Å². The van der Waals surface area contributed by atoms with Crippen LogP contribution in [0.1, 0.15) is 12.5 Å². The Hall–Kier alpha value is -0.380. The lowest BCUT2D eigenvalue weighted by Gasteiger charge is -2.14. The number of aliphatic hydroxyl groups is 1. The molecule has 0 saturated carbocycles. The second-order valence-corrected chi connectivity index (χ2v) is 4.18. The van der Waals surface area contributed by atoms with Gasteiger partial charge in [0.15, 0.2) is 0 Å². The van der Waals surface area contributed by atoms with Gasteiger partial charge in [0.2, 0.25) is 0 Å². The highest BCUT2D eigenvalue weighted by atomic mass is 79.9. The van der Waals surface area contributed by atoms with Gasteiger partial charge < -0.3 is 10.8 Å². The molecule has 3 N–H and O–H groups in total. The van der Waals surface area contributed by atoms with E-state index in [1.54, 1.807) is 0 Å². The standard InChI is InChI=1S/C10H14BrNO/c1-7(12)10(13)6-8-3-2-4-9(11)5-8/h2-5,7,10,13H,6,12H2,1H3/t7-,10+/m0/s1. The molecule has 3 heteroatoms. The van der Waals surface area contributed by atoms with Gasteiger partial charge in [0.25, 0.3) is 0 Å². The molecule has 0 unspecified atom stereocenters. The molecule has 1 aromatic carbocycles. The van der Waals surface area contributed by atoms with Crippen LogP contribution in [0, 0.1) is 0 Å². The van der Waals surface area contributed by atoms with Crippen LogP contribution in [0.4, 0.5) is 0 Å². The van der Waals surface area contributed by atoms with Crippen molar-refractivity contribution in [3.8, 4) is 0 Å². The van der Waals surface area contributed by atoms with Gasteiger partial charge in [0, 0.05) is 10.5 Å². The van der Waals surface area contributed by atoms with Crippen molar-refractivity contribution in [3.05, 3.63) is 34.3 Å². The normalized spacial score (nSPS) is 15.4. The molecule has 1 rings (SSSR count). The highest BCUT2D eigenvalue weighted by molar-refractivity contribution is 9.10. The molecule has 72 valence electrons. The Morgan fingerprint density at radius 2 is 2.23 bits per heavy atom. The van der Waals surface area contributed by atoms with E-state index in [2.05, 4.69) is 15.9 Å². The number of hydrogen-bond acceptors (Lipinski definition) is 2. The number of halogens is 1. The fraction of sp³-hybridized carbons (Fsp3) is 0.400. The van der Waals surface area contributed by atoms with Crippen LogP contribution in [0.2, 0.25) is 0 Å². The van der Waals surface area contributed by atoms with Gasteiger partial charge in [-0.25, -0.2) is 0 Å². The topological polar surface area (TPSA) is 46.2 Å². The molecule has 1 aromatic rings. The molecule has 2 atom stereocenters. The van der Waals surface area contributed by atoms with E-state index in [-0.39, 0.29) is 6.04 Å². The lowest BCUT2D eigenvalue weighted by molar-refractivity contribution is 0.151. The summed E-state index contributed by atoms with van der Waals surface area (Å²) in [5, 5.41) is 9.53. The van der Waals surface area contributed by atoms with E-state index in [4.69, 9.17) is 5.73 Å². The molecule has 0 heterocycles. The van der Waals surface area contributed by atoms with Crippen molar-refractivity contribution in [2.24, 2.45) is 5.73 Å². The van der Waals surface area contributed by atoms with Crippen molar-refractivity contribution in [1.29, 1.82) is 0 Å². The number of nitrogens with two attached hydrogens (primary N) is 1. The number of benzene rings is 1. The average molecular weight is 244 g/mol. The maximum atomic E-state index is 9.53. The van der Waals surface area contributed by atoms with Crippen molar-refractivity contribution in [3.63, 3.8) is 0 Å². The van der Waals surface area contributed by atoms with Gasteiger partial charge in [-0.15, -0.1) is 0 Å². The third kappa shape index (κ3) is 3.46. The van der Waals surface area contributed by atoms with E-state index in [9.17, 15) is 5.11 Å². The third-order valence-corrected chi connectivity index (χ3v) is 2.43. The molecule has 0 fully saturated rings. The Morgan fingerprint density at radius 1 is 1.54 bits per heavy atom. The van der Waals surface area contributed by atoms with Crippen LogP contribution in [0.5, 0.6) is 0 Å². The summed E-state index contributed by atoms with van der Waals surface area (Å²) in [6.07, 6.45) is 0.145. The summed E-state index contributed by atoms with van der Waals surface area (Å²) in [4.78, 5) is 0. The van der Waals surface area contributed by atoms with Crippen LogP contribution in [0.3, 0.4) is 0 Å². The van der Waals surface area contributed by atoms with Gasteiger partial charge >= 0.3 is 0 Å². The average Bonchev–Trinajstić information content (AvgIpc) is 2.04. The van der Waals surface area contributed by atoms with Crippen molar-refractivity contribution < 1.29 is 5.11 Å². The first-order valence-corrected chi connectivity index (χ1v) is 5.07. The fourth-order valence-corrected chi connectivity index (χ4v) is 1.54. The Labute approximate surface area is 86.9 Å². The first kappa shape index (κ1) is 10.7. The Bertz CT molecular complexity index is 275. The number of rotatable bonds is 3. The second kappa shape index (κ2) is 4.74. The Balaban J connectivity index is 2.64. The minimum absolute atomic E-state index is 0.181. The first-order valence-electron chi connectivity index (χ1n) is 4.27. The molecule has 0 amide bonds. The highest BCUT2D eigenvalue weighted by Gasteiger charge is 2.09. The van der Waals surface area contributed by atoms with Crippen molar-refractivity contribution in [2.45, 2.75) is 25.5 Å². The SMILES string of the molecule is C[C@H](N)[C@H](O)Cc1cccc(Br)c1. The van der Waals surface area contributed by atoms with Gasteiger partial charge in [-0.1, -0.05) is 28.1 Å².